The zero-order chi connectivity index (χ0) is 34.5. The van der Waals surface area contributed by atoms with E-state index in [2.05, 4.69) is 192 Å². The summed E-state index contributed by atoms with van der Waals surface area (Å²) < 4.78 is 0. The van der Waals surface area contributed by atoms with Gasteiger partial charge in [0.2, 0.25) is 0 Å². The van der Waals surface area contributed by atoms with Crippen LogP contribution < -0.4 is 16.0 Å². The number of rotatable bonds is 16. The van der Waals surface area contributed by atoms with Crippen molar-refractivity contribution in [2.75, 3.05) is 34.7 Å². The molecule has 0 fully saturated rings. The van der Waals surface area contributed by atoms with Crippen LogP contribution in [0.15, 0.2) is 158 Å². The lowest BCUT2D eigenvalue weighted by Gasteiger charge is -2.22. The Bertz CT molecular complexity index is 1880. The highest BCUT2D eigenvalue weighted by Crippen LogP contribution is 2.33. The van der Waals surface area contributed by atoms with Gasteiger partial charge in [-0.1, -0.05) is 127 Å². The number of nitrogens with one attached hydrogen (secondary N) is 3. The molecule has 6 aromatic rings. The van der Waals surface area contributed by atoms with E-state index in [4.69, 9.17) is 0 Å². The maximum absolute atomic E-state index is 3.87. The molecule has 3 atom stereocenters. The summed E-state index contributed by atoms with van der Waals surface area (Å²) in [5, 5.41) is 11.8. The van der Waals surface area contributed by atoms with Crippen molar-refractivity contribution in [2.45, 2.75) is 29.0 Å². The van der Waals surface area contributed by atoms with E-state index in [0.29, 0.717) is 0 Å². The minimum atomic E-state index is 0.162. The fraction of sp³-hybridized carbons (Fsp3) is 0.182. The Morgan fingerprint density at radius 3 is 1.20 bits per heavy atom. The Morgan fingerprint density at radius 1 is 0.400 bits per heavy atom. The Kier molecular flexibility index (Phi) is 12.9. The highest BCUT2D eigenvalue weighted by molar-refractivity contribution is 7.99. The first-order valence-electron chi connectivity index (χ1n) is 16.9. The molecular weight excluding hydrogens is 667 g/mol. The van der Waals surface area contributed by atoms with Crippen molar-refractivity contribution < 1.29 is 0 Å². The minimum Gasteiger partial charge on any atom is -0.370 e. The second-order valence-electron chi connectivity index (χ2n) is 12.3. The van der Waals surface area contributed by atoms with E-state index in [1.165, 1.54) is 44.6 Å². The lowest BCUT2D eigenvalue weighted by molar-refractivity contribution is 1.08. The SMILES string of the molecule is CSC(Nc1ccc(Cc2ccc(NC(SC)c3ccccc3)c(Cc3ccc(NC(SC)c4ccccc4)cc3)c2)cc1)c1ccccc1. The smallest absolute Gasteiger partial charge is 0.0977 e. The van der Waals surface area contributed by atoms with Crippen LogP contribution in [-0.2, 0) is 12.8 Å². The standard InChI is InChI=1S/C44H45N3S3/c1-48-42(35-13-7-4-8-14-35)45-39-24-19-32(20-25-39)29-34-23-28-41(47-44(50-3)37-17-11-6-12-18-37)38(31-34)30-33-21-26-40(27-22-33)46-43(49-2)36-15-9-5-10-16-36/h4-28,31,42-47H,29-30H2,1-3H3. The number of thioether (sulfide) groups is 3. The predicted molar refractivity (Wildman–Crippen MR) is 224 cm³/mol. The first-order valence-corrected chi connectivity index (χ1v) is 20.8. The molecule has 50 heavy (non-hydrogen) atoms. The fourth-order valence-corrected chi connectivity index (χ4v) is 8.14. The van der Waals surface area contributed by atoms with Crippen LogP contribution in [0.3, 0.4) is 0 Å². The molecule has 0 saturated heterocycles. The third-order valence-electron chi connectivity index (χ3n) is 8.78. The van der Waals surface area contributed by atoms with Gasteiger partial charge in [0.15, 0.2) is 0 Å². The van der Waals surface area contributed by atoms with Gasteiger partial charge in [0, 0.05) is 17.1 Å². The van der Waals surface area contributed by atoms with Crippen LogP contribution >= 0.6 is 35.3 Å². The van der Waals surface area contributed by atoms with Crippen LogP contribution in [0.2, 0.25) is 0 Å². The highest BCUT2D eigenvalue weighted by atomic mass is 32.2. The monoisotopic (exact) mass is 711 g/mol. The maximum Gasteiger partial charge on any atom is 0.0977 e. The van der Waals surface area contributed by atoms with Crippen LogP contribution in [0, 0.1) is 0 Å². The number of hydrogen-bond acceptors (Lipinski definition) is 6. The van der Waals surface area contributed by atoms with Gasteiger partial charge < -0.3 is 16.0 Å². The van der Waals surface area contributed by atoms with Gasteiger partial charge in [0.25, 0.3) is 0 Å². The van der Waals surface area contributed by atoms with E-state index in [-0.39, 0.29) is 16.1 Å². The molecule has 0 heterocycles. The Morgan fingerprint density at radius 2 is 0.780 bits per heavy atom. The quantitative estimate of drug-likeness (QED) is 0.0868. The van der Waals surface area contributed by atoms with E-state index < -0.39 is 0 Å². The summed E-state index contributed by atoms with van der Waals surface area (Å²) in [6.45, 7) is 0. The molecular formula is C44H45N3S3. The molecule has 3 N–H and O–H groups in total. The van der Waals surface area contributed by atoms with E-state index >= 15 is 0 Å². The summed E-state index contributed by atoms with van der Waals surface area (Å²) in [7, 11) is 0. The van der Waals surface area contributed by atoms with Gasteiger partial charge in [-0.15, -0.1) is 35.3 Å². The van der Waals surface area contributed by atoms with Gasteiger partial charge in [-0.05, 0) is 101 Å². The van der Waals surface area contributed by atoms with E-state index in [1.807, 2.05) is 35.3 Å². The average Bonchev–Trinajstić information content (AvgIpc) is 3.18. The molecule has 254 valence electrons. The van der Waals surface area contributed by atoms with Gasteiger partial charge in [-0.3, -0.25) is 0 Å². The summed E-state index contributed by atoms with van der Waals surface area (Å²) in [6, 6.07) is 56.7. The normalized spacial score (nSPS) is 12.9. The second kappa shape index (κ2) is 18.1. The second-order valence-corrected chi connectivity index (χ2v) is 15.1. The lowest BCUT2D eigenvalue weighted by Crippen LogP contribution is -2.09. The van der Waals surface area contributed by atoms with Gasteiger partial charge in [0.05, 0.1) is 16.1 Å². The molecule has 3 unspecified atom stereocenters. The van der Waals surface area contributed by atoms with Crippen molar-refractivity contribution in [1.82, 2.24) is 0 Å². The van der Waals surface area contributed by atoms with Crippen LogP contribution in [0.4, 0.5) is 17.1 Å². The topological polar surface area (TPSA) is 36.1 Å². The molecule has 6 rings (SSSR count). The van der Waals surface area contributed by atoms with E-state index in [9.17, 15) is 0 Å². The fourth-order valence-electron chi connectivity index (χ4n) is 6.10. The third-order valence-corrected chi connectivity index (χ3v) is 11.4. The molecule has 6 aromatic carbocycles. The molecule has 0 aliphatic carbocycles. The third kappa shape index (κ3) is 9.72. The zero-order valence-electron chi connectivity index (χ0n) is 28.9. The first-order chi connectivity index (χ1) is 24.6. The van der Waals surface area contributed by atoms with Crippen LogP contribution in [0.25, 0.3) is 0 Å². The van der Waals surface area contributed by atoms with Crippen molar-refractivity contribution in [3.63, 3.8) is 0 Å². The van der Waals surface area contributed by atoms with Gasteiger partial charge in [-0.25, -0.2) is 0 Å². The van der Waals surface area contributed by atoms with Crippen LogP contribution in [-0.4, -0.2) is 18.8 Å². The van der Waals surface area contributed by atoms with Crippen molar-refractivity contribution >= 4 is 52.3 Å². The molecule has 0 aromatic heterocycles. The summed E-state index contributed by atoms with van der Waals surface area (Å²) in [4.78, 5) is 0. The zero-order valence-corrected chi connectivity index (χ0v) is 31.3. The van der Waals surface area contributed by atoms with E-state index in [1.54, 1.807) is 0 Å². The molecule has 0 aliphatic heterocycles. The summed E-state index contributed by atoms with van der Waals surface area (Å²) in [6.07, 6.45) is 8.18. The average molecular weight is 712 g/mol. The van der Waals surface area contributed by atoms with Crippen LogP contribution in [0.5, 0.6) is 0 Å². The summed E-state index contributed by atoms with van der Waals surface area (Å²) in [5.41, 5.74) is 12.5. The highest BCUT2D eigenvalue weighted by Gasteiger charge is 2.15. The van der Waals surface area contributed by atoms with Crippen molar-refractivity contribution in [3.8, 4) is 0 Å². The van der Waals surface area contributed by atoms with E-state index in [0.717, 1.165) is 24.2 Å². The van der Waals surface area contributed by atoms with Crippen molar-refractivity contribution in [3.05, 3.63) is 197 Å². The largest absolute Gasteiger partial charge is 0.370 e. The van der Waals surface area contributed by atoms with Crippen molar-refractivity contribution in [1.29, 1.82) is 0 Å². The molecule has 3 nitrogen and oxygen atoms in total. The number of benzene rings is 6. The van der Waals surface area contributed by atoms with Gasteiger partial charge in [0.1, 0.15) is 0 Å². The molecule has 0 aliphatic rings. The molecule has 0 saturated carbocycles. The molecule has 6 heteroatoms. The molecule has 0 spiro atoms. The Hall–Kier alpha value is -4.23. The number of anilines is 3. The molecule has 0 radical (unpaired) electrons. The lowest BCUT2D eigenvalue weighted by atomic mass is 9.97. The van der Waals surface area contributed by atoms with Gasteiger partial charge in [-0.2, -0.15) is 0 Å². The van der Waals surface area contributed by atoms with Crippen molar-refractivity contribution in [2.24, 2.45) is 0 Å². The minimum absolute atomic E-state index is 0.162. The maximum atomic E-state index is 3.87. The Balaban J connectivity index is 1.20. The molecule has 0 amide bonds. The molecule has 0 bridgehead atoms. The first kappa shape index (κ1) is 35.6. The summed E-state index contributed by atoms with van der Waals surface area (Å²) >= 11 is 5.45. The summed E-state index contributed by atoms with van der Waals surface area (Å²) in [5.74, 6) is 0. The Labute approximate surface area is 311 Å². The number of hydrogen-bond donors (Lipinski definition) is 3. The van der Waals surface area contributed by atoms with Crippen LogP contribution in [0.1, 0.15) is 55.1 Å². The van der Waals surface area contributed by atoms with Gasteiger partial charge >= 0.3 is 0 Å². The predicted octanol–water partition coefficient (Wildman–Crippen LogP) is 12.3.